The van der Waals surface area contributed by atoms with E-state index in [4.69, 9.17) is 49.0 Å². The summed E-state index contributed by atoms with van der Waals surface area (Å²) in [6.07, 6.45) is -1.26. The number of rotatable bonds is 9. The molecule has 0 bridgehead atoms. The molecule has 1 amide bonds. The van der Waals surface area contributed by atoms with Crippen LogP contribution in [-0.4, -0.2) is 47.2 Å². The van der Waals surface area contributed by atoms with Crippen molar-refractivity contribution < 1.29 is 19.0 Å². The molecule has 2 aromatic carbocycles. The first-order valence-corrected chi connectivity index (χ1v) is 11.3. The van der Waals surface area contributed by atoms with Gasteiger partial charge < -0.3 is 19.5 Å². The Bertz CT molecular complexity index is 940. The Morgan fingerprint density at radius 1 is 1.09 bits per heavy atom. The minimum absolute atomic E-state index is 0.0285. The van der Waals surface area contributed by atoms with Gasteiger partial charge in [0.05, 0.1) is 44.6 Å². The summed E-state index contributed by atoms with van der Waals surface area (Å²) in [7, 11) is 0. The maximum absolute atomic E-state index is 12.2. The van der Waals surface area contributed by atoms with E-state index < -0.39 is 34.0 Å². The van der Waals surface area contributed by atoms with Crippen molar-refractivity contribution in [1.29, 1.82) is 0 Å². The number of alkyl halides is 3. The van der Waals surface area contributed by atoms with Gasteiger partial charge in [-0.2, -0.15) is 0 Å². The lowest BCUT2D eigenvalue weighted by molar-refractivity contribution is -0.156. The Morgan fingerprint density at radius 2 is 1.70 bits per heavy atom. The zero-order chi connectivity index (χ0) is 23.7. The zero-order valence-electron chi connectivity index (χ0n) is 17.5. The fourth-order valence-corrected chi connectivity index (χ4v) is 3.60. The first-order valence-electron chi connectivity index (χ1n) is 10.2. The summed E-state index contributed by atoms with van der Waals surface area (Å²) in [5.41, 5.74) is 11.1. The van der Waals surface area contributed by atoms with Gasteiger partial charge in [-0.25, -0.2) is 0 Å². The minimum Gasteiger partial charge on any atom is -0.374 e. The topological polar surface area (TPSA) is 106 Å². The van der Waals surface area contributed by atoms with Crippen molar-refractivity contribution in [2.24, 2.45) is 5.11 Å². The van der Waals surface area contributed by atoms with Crippen LogP contribution in [0.5, 0.6) is 0 Å². The number of hydrogen-bond donors (Lipinski definition) is 1. The summed E-state index contributed by atoms with van der Waals surface area (Å²) in [4.78, 5) is 15.2. The largest absolute Gasteiger partial charge is 0.374 e. The lowest BCUT2D eigenvalue weighted by atomic mass is 9.95. The number of halogens is 3. The van der Waals surface area contributed by atoms with Gasteiger partial charge in [0.25, 0.3) is 9.70 Å². The quantitative estimate of drug-likeness (QED) is 0.227. The molecule has 1 N–H and O–H groups in total. The number of nitrogens with zero attached hydrogens (tertiary/aromatic N) is 3. The molecule has 8 nitrogen and oxygen atoms in total. The van der Waals surface area contributed by atoms with Gasteiger partial charge in [-0.05, 0) is 16.7 Å². The van der Waals surface area contributed by atoms with Crippen LogP contribution in [0.15, 0.2) is 65.8 Å². The third-order valence-corrected chi connectivity index (χ3v) is 5.56. The Morgan fingerprint density at radius 3 is 2.27 bits per heavy atom. The number of benzene rings is 2. The van der Waals surface area contributed by atoms with E-state index in [0.29, 0.717) is 6.61 Å². The molecule has 2 aromatic rings. The van der Waals surface area contributed by atoms with Crippen molar-refractivity contribution in [1.82, 2.24) is 5.32 Å². The molecule has 1 saturated heterocycles. The Labute approximate surface area is 206 Å². The predicted octanol–water partition coefficient (Wildman–Crippen LogP) is 4.72. The second-order valence-electron chi connectivity index (χ2n) is 7.41. The normalized spacial score (nSPS) is 22.9. The maximum atomic E-state index is 12.2. The first kappa shape index (κ1) is 25.6. The van der Waals surface area contributed by atoms with E-state index in [0.717, 1.165) is 11.1 Å². The van der Waals surface area contributed by atoms with E-state index in [1.807, 2.05) is 60.7 Å². The average Bonchev–Trinajstić information content (AvgIpc) is 2.81. The molecule has 11 heteroatoms. The van der Waals surface area contributed by atoms with Gasteiger partial charge >= 0.3 is 0 Å². The third-order valence-electron chi connectivity index (χ3n) is 5.04. The highest BCUT2D eigenvalue weighted by Crippen LogP contribution is 2.28. The van der Waals surface area contributed by atoms with E-state index in [-0.39, 0.29) is 19.8 Å². The third kappa shape index (κ3) is 7.76. The van der Waals surface area contributed by atoms with Gasteiger partial charge in [-0.15, -0.1) is 0 Å². The van der Waals surface area contributed by atoms with Crippen LogP contribution in [0.4, 0.5) is 0 Å². The number of amides is 1. The summed E-state index contributed by atoms with van der Waals surface area (Å²) >= 11 is 17.1. The van der Waals surface area contributed by atoms with E-state index in [2.05, 4.69) is 15.3 Å². The highest BCUT2D eigenvalue weighted by molar-refractivity contribution is 6.76. The zero-order valence-corrected chi connectivity index (χ0v) is 19.8. The number of nitrogens with one attached hydrogen (secondary N) is 1. The fourth-order valence-electron chi connectivity index (χ4n) is 3.44. The molecule has 1 fully saturated rings. The van der Waals surface area contributed by atoms with Crippen molar-refractivity contribution >= 4 is 40.7 Å². The van der Waals surface area contributed by atoms with Crippen LogP contribution >= 0.6 is 34.8 Å². The van der Waals surface area contributed by atoms with Crippen LogP contribution in [0.1, 0.15) is 11.1 Å². The van der Waals surface area contributed by atoms with Crippen LogP contribution in [-0.2, 0) is 32.2 Å². The molecule has 33 heavy (non-hydrogen) atoms. The molecule has 0 radical (unpaired) electrons. The predicted molar refractivity (Wildman–Crippen MR) is 126 cm³/mol. The number of azide groups is 1. The SMILES string of the molecule is [N-]=[N+]=N[C@H]1[C@H](OCc2ccccc2)[C@@H](COCc2ccccc2)OC[C@@H]1NC(=O)C(Cl)(Cl)Cl. The summed E-state index contributed by atoms with van der Waals surface area (Å²) < 4.78 is 15.7. The number of carbonyl (C=O) groups excluding carboxylic acids is 1. The number of hydrogen-bond acceptors (Lipinski definition) is 5. The second-order valence-corrected chi connectivity index (χ2v) is 9.69. The molecule has 0 aliphatic carbocycles. The van der Waals surface area contributed by atoms with Gasteiger partial charge in [-0.1, -0.05) is 101 Å². The molecular weight excluding hydrogens is 491 g/mol. The summed E-state index contributed by atoms with van der Waals surface area (Å²) in [6, 6.07) is 17.6. The molecule has 1 aliphatic rings. The number of ether oxygens (including phenoxy) is 3. The highest BCUT2D eigenvalue weighted by Gasteiger charge is 2.43. The Kier molecular flexibility index (Phi) is 9.64. The fraction of sp³-hybridized carbons (Fsp3) is 0.409. The second kappa shape index (κ2) is 12.4. The van der Waals surface area contributed by atoms with Crippen molar-refractivity contribution in [3.63, 3.8) is 0 Å². The van der Waals surface area contributed by atoms with Crippen molar-refractivity contribution in [2.45, 2.75) is 41.3 Å². The maximum Gasteiger partial charge on any atom is 0.272 e. The minimum atomic E-state index is -2.17. The van der Waals surface area contributed by atoms with Crippen LogP contribution in [0.2, 0.25) is 0 Å². The first-order chi connectivity index (χ1) is 15.9. The molecular formula is C22H23Cl3N4O4. The molecule has 4 atom stereocenters. The van der Waals surface area contributed by atoms with E-state index in [1.54, 1.807) is 0 Å². The molecule has 1 heterocycles. The monoisotopic (exact) mass is 512 g/mol. The molecule has 0 aromatic heterocycles. The van der Waals surface area contributed by atoms with Gasteiger partial charge in [-0.3, -0.25) is 4.79 Å². The van der Waals surface area contributed by atoms with E-state index >= 15 is 0 Å². The van der Waals surface area contributed by atoms with Gasteiger partial charge in [0.15, 0.2) is 0 Å². The van der Waals surface area contributed by atoms with Crippen LogP contribution in [0.3, 0.4) is 0 Å². The average molecular weight is 514 g/mol. The summed E-state index contributed by atoms with van der Waals surface area (Å²) in [5.74, 6) is -0.847. The molecule has 0 saturated carbocycles. The standard InChI is InChI=1S/C22H23Cl3N4O4/c23-22(24,25)21(30)27-17-13-32-18(14-31-11-15-7-3-1-4-8-15)20(19(17)28-29-26)33-12-16-9-5-2-6-10-16/h1-10,17-20H,11-14H2,(H,27,30)/t17-,18+,19+,20+/m0/s1. The molecule has 0 unspecified atom stereocenters. The number of carbonyl (C=O) groups is 1. The molecule has 1 aliphatic heterocycles. The van der Waals surface area contributed by atoms with E-state index in [9.17, 15) is 10.3 Å². The highest BCUT2D eigenvalue weighted by atomic mass is 35.6. The summed E-state index contributed by atoms with van der Waals surface area (Å²) in [6.45, 7) is 0.843. The van der Waals surface area contributed by atoms with Crippen molar-refractivity contribution in [2.75, 3.05) is 13.2 Å². The van der Waals surface area contributed by atoms with Crippen molar-refractivity contribution in [3.05, 3.63) is 82.2 Å². The Balaban J connectivity index is 1.74. The molecule has 176 valence electrons. The van der Waals surface area contributed by atoms with Gasteiger partial charge in [0, 0.05) is 4.91 Å². The van der Waals surface area contributed by atoms with Gasteiger partial charge in [0.2, 0.25) is 0 Å². The summed E-state index contributed by atoms with van der Waals surface area (Å²) in [5, 5.41) is 6.47. The lowest BCUT2D eigenvalue weighted by Gasteiger charge is -2.41. The Hall–Kier alpha value is -2.03. The smallest absolute Gasteiger partial charge is 0.272 e. The van der Waals surface area contributed by atoms with E-state index in [1.165, 1.54) is 0 Å². The van der Waals surface area contributed by atoms with Crippen LogP contribution in [0, 0.1) is 0 Å². The van der Waals surface area contributed by atoms with Crippen molar-refractivity contribution in [3.8, 4) is 0 Å². The lowest BCUT2D eigenvalue weighted by Crippen LogP contribution is -2.61. The van der Waals surface area contributed by atoms with Crippen LogP contribution in [0.25, 0.3) is 10.4 Å². The van der Waals surface area contributed by atoms with Crippen LogP contribution < -0.4 is 5.32 Å². The molecule has 0 spiro atoms. The van der Waals surface area contributed by atoms with Gasteiger partial charge in [0.1, 0.15) is 6.10 Å². The molecule has 3 rings (SSSR count).